The number of rotatable bonds is 8. The van der Waals surface area contributed by atoms with Crippen molar-refractivity contribution in [2.24, 2.45) is 0 Å². The van der Waals surface area contributed by atoms with Crippen LogP contribution in [0.3, 0.4) is 0 Å². The minimum atomic E-state index is -0.488. The minimum absolute atomic E-state index is 0.0395. The molecular formula is C17H21N3O4S2. The van der Waals surface area contributed by atoms with E-state index in [2.05, 4.69) is 16.9 Å². The molecule has 1 amide bonds. The summed E-state index contributed by atoms with van der Waals surface area (Å²) in [7, 11) is 0. The van der Waals surface area contributed by atoms with E-state index >= 15 is 0 Å². The molecule has 0 aromatic carbocycles. The van der Waals surface area contributed by atoms with Gasteiger partial charge in [0, 0.05) is 11.4 Å². The van der Waals surface area contributed by atoms with Crippen LogP contribution in [0.1, 0.15) is 17.4 Å². The molecule has 2 aromatic heterocycles. The van der Waals surface area contributed by atoms with Crippen LogP contribution in [0, 0.1) is 13.8 Å². The van der Waals surface area contributed by atoms with Gasteiger partial charge in [-0.1, -0.05) is 17.8 Å². The summed E-state index contributed by atoms with van der Waals surface area (Å²) in [6.45, 7) is 9.64. The Kier molecular flexibility index (Phi) is 6.98. The van der Waals surface area contributed by atoms with E-state index in [1.807, 2.05) is 13.8 Å². The number of nitrogens with zero attached hydrogens (tertiary/aromatic N) is 2. The molecule has 0 radical (unpaired) electrons. The van der Waals surface area contributed by atoms with Crippen molar-refractivity contribution in [1.29, 1.82) is 0 Å². The quantitative estimate of drug-likeness (QED) is 0.318. The summed E-state index contributed by atoms with van der Waals surface area (Å²) < 4.78 is 6.27. The number of carbonyl (C=O) groups excluding carboxylic acids is 2. The van der Waals surface area contributed by atoms with Gasteiger partial charge in [-0.3, -0.25) is 19.0 Å². The highest BCUT2D eigenvalue weighted by Crippen LogP contribution is 2.28. The van der Waals surface area contributed by atoms with Gasteiger partial charge in [-0.15, -0.1) is 17.9 Å². The zero-order valence-electron chi connectivity index (χ0n) is 15.0. The summed E-state index contributed by atoms with van der Waals surface area (Å²) >= 11 is 2.61. The Hall–Kier alpha value is -2.13. The Balaban J connectivity index is 2.19. The van der Waals surface area contributed by atoms with E-state index < -0.39 is 5.97 Å². The van der Waals surface area contributed by atoms with Crippen LogP contribution in [-0.4, -0.2) is 40.3 Å². The number of nitrogens with one attached hydrogen (secondary N) is 1. The number of hydrogen-bond donors (Lipinski definition) is 1. The molecule has 0 aliphatic heterocycles. The smallest absolute Gasteiger partial charge is 0.325 e. The molecule has 0 fully saturated rings. The molecular weight excluding hydrogens is 374 g/mol. The van der Waals surface area contributed by atoms with E-state index in [1.54, 1.807) is 13.0 Å². The van der Waals surface area contributed by atoms with E-state index in [4.69, 9.17) is 4.74 Å². The number of hydrogen-bond acceptors (Lipinski definition) is 7. The van der Waals surface area contributed by atoms with Gasteiger partial charge in [0.05, 0.1) is 17.7 Å². The molecule has 0 aliphatic rings. The van der Waals surface area contributed by atoms with E-state index in [-0.39, 0.29) is 30.4 Å². The van der Waals surface area contributed by atoms with Crippen LogP contribution in [0.25, 0.3) is 10.2 Å². The molecule has 26 heavy (non-hydrogen) atoms. The Labute approximate surface area is 159 Å². The van der Waals surface area contributed by atoms with Crippen LogP contribution in [0.4, 0.5) is 0 Å². The SMILES string of the molecule is C=CCn1c(SCC(=O)NCC(=O)OCC)nc2sc(C)c(C)c2c1=O. The second-order valence-corrected chi connectivity index (χ2v) is 7.58. The van der Waals surface area contributed by atoms with Crippen molar-refractivity contribution in [2.75, 3.05) is 18.9 Å². The van der Waals surface area contributed by atoms with Crippen molar-refractivity contribution in [3.8, 4) is 0 Å². The third-order valence-electron chi connectivity index (χ3n) is 3.63. The molecule has 140 valence electrons. The number of aromatic nitrogens is 2. The third kappa shape index (κ3) is 4.53. The lowest BCUT2D eigenvalue weighted by molar-refractivity contribution is -0.143. The van der Waals surface area contributed by atoms with Gasteiger partial charge in [-0.25, -0.2) is 4.98 Å². The number of aryl methyl sites for hydroxylation is 2. The Bertz CT molecular complexity index is 902. The van der Waals surface area contributed by atoms with Crippen molar-refractivity contribution < 1.29 is 14.3 Å². The molecule has 2 aromatic rings. The van der Waals surface area contributed by atoms with Gasteiger partial charge in [0.15, 0.2) is 5.16 Å². The fourth-order valence-corrected chi connectivity index (χ4v) is 4.18. The monoisotopic (exact) mass is 395 g/mol. The number of thioether (sulfide) groups is 1. The standard InChI is InChI=1S/C17H21N3O4S2/c1-5-7-20-16(23)14-10(3)11(4)26-15(14)19-17(20)25-9-12(21)18-8-13(22)24-6-2/h5H,1,6-9H2,2-4H3,(H,18,21). The molecule has 0 aliphatic carbocycles. The normalized spacial score (nSPS) is 10.7. The molecule has 0 atom stereocenters. The number of ether oxygens (including phenoxy) is 1. The maximum atomic E-state index is 12.8. The molecule has 2 rings (SSSR count). The van der Waals surface area contributed by atoms with Gasteiger partial charge in [0.1, 0.15) is 11.4 Å². The number of allylic oxidation sites excluding steroid dienone is 1. The largest absolute Gasteiger partial charge is 0.465 e. The fraction of sp³-hybridized carbons (Fsp3) is 0.412. The molecule has 7 nitrogen and oxygen atoms in total. The molecule has 0 unspecified atom stereocenters. The lowest BCUT2D eigenvalue weighted by Crippen LogP contribution is -2.32. The van der Waals surface area contributed by atoms with E-state index in [9.17, 15) is 14.4 Å². The van der Waals surface area contributed by atoms with Gasteiger partial charge in [-0.2, -0.15) is 0 Å². The van der Waals surface area contributed by atoms with Crippen LogP contribution < -0.4 is 10.9 Å². The van der Waals surface area contributed by atoms with Crippen LogP contribution in [0.15, 0.2) is 22.6 Å². The molecule has 9 heteroatoms. The Morgan fingerprint density at radius 2 is 2.15 bits per heavy atom. The van der Waals surface area contributed by atoms with Crippen molar-refractivity contribution in [3.63, 3.8) is 0 Å². The van der Waals surface area contributed by atoms with Crippen LogP contribution >= 0.6 is 23.1 Å². The van der Waals surface area contributed by atoms with Crippen molar-refractivity contribution in [1.82, 2.24) is 14.9 Å². The van der Waals surface area contributed by atoms with Gasteiger partial charge in [0.25, 0.3) is 5.56 Å². The van der Waals surface area contributed by atoms with Crippen molar-refractivity contribution in [2.45, 2.75) is 32.5 Å². The van der Waals surface area contributed by atoms with Gasteiger partial charge >= 0.3 is 5.97 Å². The van der Waals surface area contributed by atoms with Crippen molar-refractivity contribution >= 4 is 45.2 Å². The average molecular weight is 396 g/mol. The fourth-order valence-electron chi connectivity index (χ4n) is 2.27. The molecule has 0 saturated heterocycles. The summed E-state index contributed by atoms with van der Waals surface area (Å²) in [6.07, 6.45) is 1.62. The van der Waals surface area contributed by atoms with Crippen LogP contribution in [-0.2, 0) is 20.9 Å². The van der Waals surface area contributed by atoms with Gasteiger partial charge in [0.2, 0.25) is 5.91 Å². The van der Waals surface area contributed by atoms with Gasteiger partial charge in [-0.05, 0) is 26.3 Å². The van der Waals surface area contributed by atoms with E-state index in [0.717, 1.165) is 22.2 Å². The van der Waals surface area contributed by atoms with Crippen LogP contribution in [0.5, 0.6) is 0 Å². The predicted octanol–water partition coefficient (Wildman–Crippen LogP) is 2.03. The van der Waals surface area contributed by atoms with E-state index in [1.165, 1.54) is 15.9 Å². The van der Waals surface area contributed by atoms with Crippen LogP contribution in [0.2, 0.25) is 0 Å². The van der Waals surface area contributed by atoms with E-state index in [0.29, 0.717) is 21.9 Å². The zero-order chi connectivity index (χ0) is 19.3. The first-order chi connectivity index (χ1) is 12.4. The highest BCUT2D eigenvalue weighted by Gasteiger charge is 2.17. The highest BCUT2D eigenvalue weighted by atomic mass is 32.2. The molecule has 0 bridgehead atoms. The number of fused-ring (bicyclic) bond motifs is 1. The number of thiophene rings is 1. The maximum absolute atomic E-state index is 12.8. The lowest BCUT2D eigenvalue weighted by atomic mass is 10.2. The molecule has 0 saturated carbocycles. The molecule has 0 spiro atoms. The minimum Gasteiger partial charge on any atom is -0.465 e. The topological polar surface area (TPSA) is 90.3 Å². The second kappa shape index (κ2) is 9.00. The first-order valence-corrected chi connectivity index (χ1v) is 9.85. The lowest BCUT2D eigenvalue weighted by Gasteiger charge is -2.10. The molecule has 1 N–H and O–H groups in total. The van der Waals surface area contributed by atoms with Crippen molar-refractivity contribution in [3.05, 3.63) is 33.4 Å². The number of amides is 1. The number of esters is 1. The maximum Gasteiger partial charge on any atom is 0.325 e. The Morgan fingerprint density at radius 3 is 2.81 bits per heavy atom. The average Bonchev–Trinajstić information content (AvgIpc) is 2.88. The summed E-state index contributed by atoms with van der Waals surface area (Å²) in [4.78, 5) is 42.3. The summed E-state index contributed by atoms with van der Waals surface area (Å²) in [6, 6.07) is 0. The Morgan fingerprint density at radius 1 is 1.42 bits per heavy atom. The number of carbonyl (C=O) groups is 2. The predicted molar refractivity (Wildman–Crippen MR) is 104 cm³/mol. The van der Waals surface area contributed by atoms with Gasteiger partial charge < -0.3 is 10.1 Å². The first kappa shape index (κ1) is 20.2. The molecule has 2 heterocycles. The highest BCUT2D eigenvalue weighted by molar-refractivity contribution is 7.99. The second-order valence-electron chi connectivity index (χ2n) is 5.43. The third-order valence-corrected chi connectivity index (χ3v) is 5.71. The summed E-state index contributed by atoms with van der Waals surface area (Å²) in [5.74, 6) is -0.780. The first-order valence-electron chi connectivity index (χ1n) is 8.05. The summed E-state index contributed by atoms with van der Waals surface area (Å²) in [5.41, 5.74) is 0.801. The zero-order valence-corrected chi connectivity index (χ0v) is 16.6. The summed E-state index contributed by atoms with van der Waals surface area (Å²) in [5, 5.41) is 3.56.